The summed E-state index contributed by atoms with van der Waals surface area (Å²) >= 11 is 6.07. The number of ether oxygens (including phenoxy) is 1. The molecule has 108 valence electrons. The zero-order valence-electron chi connectivity index (χ0n) is 11.5. The number of halogens is 1. The first-order valence-electron chi connectivity index (χ1n) is 6.52. The largest absolute Gasteiger partial charge is 0.462 e. The van der Waals surface area contributed by atoms with Crippen molar-refractivity contribution in [1.82, 2.24) is 0 Å². The third-order valence-electron chi connectivity index (χ3n) is 2.70. The van der Waals surface area contributed by atoms with Gasteiger partial charge in [-0.3, -0.25) is 5.43 Å². The summed E-state index contributed by atoms with van der Waals surface area (Å²) in [5, 5.41) is 4.46. The molecular formula is C16H15ClN2O2. The summed E-state index contributed by atoms with van der Waals surface area (Å²) in [6.07, 6.45) is 1.55. The van der Waals surface area contributed by atoms with E-state index < -0.39 is 5.97 Å². The smallest absolute Gasteiger partial charge is 0.340 e. The van der Waals surface area contributed by atoms with Gasteiger partial charge in [0.25, 0.3) is 0 Å². The number of hydrazone groups is 1. The normalized spacial score (nSPS) is 10.6. The van der Waals surface area contributed by atoms with E-state index in [-0.39, 0.29) is 0 Å². The Morgan fingerprint density at radius 2 is 2.00 bits per heavy atom. The number of rotatable bonds is 5. The van der Waals surface area contributed by atoms with Crippen LogP contribution in [-0.2, 0) is 4.74 Å². The number of carbonyl (C=O) groups is 1. The molecule has 2 rings (SSSR count). The Morgan fingerprint density at radius 1 is 1.24 bits per heavy atom. The van der Waals surface area contributed by atoms with Gasteiger partial charge in [0.05, 0.1) is 29.1 Å². The van der Waals surface area contributed by atoms with Gasteiger partial charge in [0.2, 0.25) is 0 Å². The molecule has 0 unspecified atom stereocenters. The number of para-hydroxylation sites is 1. The second-order valence-electron chi connectivity index (χ2n) is 4.16. The molecule has 0 bridgehead atoms. The molecule has 0 fully saturated rings. The van der Waals surface area contributed by atoms with Gasteiger partial charge in [-0.25, -0.2) is 4.79 Å². The Kier molecular flexibility index (Phi) is 5.35. The number of carbonyl (C=O) groups excluding carboxylic acids is 1. The molecule has 0 atom stereocenters. The van der Waals surface area contributed by atoms with Crippen molar-refractivity contribution in [3.8, 4) is 0 Å². The molecule has 1 N–H and O–H groups in total. The van der Waals surface area contributed by atoms with Gasteiger partial charge < -0.3 is 4.74 Å². The summed E-state index contributed by atoms with van der Waals surface area (Å²) in [4.78, 5) is 11.9. The number of anilines is 1. The maximum Gasteiger partial charge on any atom is 0.340 e. The molecule has 21 heavy (non-hydrogen) atoms. The SMILES string of the molecule is CCOC(=O)c1c(Cl)cccc1C=NNc1ccccc1. The molecule has 0 aromatic heterocycles. The molecule has 0 spiro atoms. The van der Waals surface area contributed by atoms with E-state index in [4.69, 9.17) is 16.3 Å². The molecule has 0 aliphatic heterocycles. The van der Waals surface area contributed by atoms with Crippen molar-refractivity contribution in [2.75, 3.05) is 12.0 Å². The molecule has 2 aromatic carbocycles. The maximum atomic E-state index is 11.9. The fraction of sp³-hybridized carbons (Fsp3) is 0.125. The van der Waals surface area contributed by atoms with Crippen LogP contribution in [0.15, 0.2) is 53.6 Å². The minimum absolute atomic E-state index is 0.295. The highest BCUT2D eigenvalue weighted by Gasteiger charge is 2.15. The molecule has 2 aromatic rings. The van der Waals surface area contributed by atoms with Crippen molar-refractivity contribution >= 4 is 29.5 Å². The average Bonchev–Trinajstić information content (AvgIpc) is 2.48. The second kappa shape index (κ2) is 7.45. The van der Waals surface area contributed by atoms with Crippen molar-refractivity contribution in [3.05, 3.63) is 64.7 Å². The first kappa shape index (κ1) is 15.1. The molecule has 0 heterocycles. The van der Waals surface area contributed by atoms with Gasteiger partial charge in [0.1, 0.15) is 0 Å². The molecule has 0 amide bonds. The number of nitrogens with zero attached hydrogens (tertiary/aromatic N) is 1. The third kappa shape index (κ3) is 4.07. The summed E-state index contributed by atoms with van der Waals surface area (Å²) in [6.45, 7) is 2.04. The summed E-state index contributed by atoms with van der Waals surface area (Å²) in [5.74, 6) is -0.454. The van der Waals surface area contributed by atoms with Gasteiger partial charge in [0.15, 0.2) is 0 Å². The second-order valence-corrected chi connectivity index (χ2v) is 4.57. The highest BCUT2D eigenvalue weighted by molar-refractivity contribution is 6.34. The van der Waals surface area contributed by atoms with Crippen LogP contribution in [0.2, 0.25) is 5.02 Å². The lowest BCUT2D eigenvalue weighted by Crippen LogP contribution is -2.09. The predicted molar refractivity (Wildman–Crippen MR) is 85.1 cm³/mol. The summed E-state index contributed by atoms with van der Waals surface area (Å²) in [7, 11) is 0. The molecule has 0 saturated carbocycles. The van der Waals surface area contributed by atoms with Crippen LogP contribution in [0, 0.1) is 0 Å². The monoisotopic (exact) mass is 302 g/mol. The van der Waals surface area contributed by atoms with E-state index in [0.717, 1.165) is 5.69 Å². The van der Waals surface area contributed by atoms with Crippen LogP contribution in [0.4, 0.5) is 5.69 Å². The summed E-state index contributed by atoms with van der Waals surface area (Å²) < 4.78 is 5.01. The first-order valence-corrected chi connectivity index (χ1v) is 6.90. The number of hydrogen-bond acceptors (Lipinski definition) is 4. The molecule has 0 saturated heterocycles. The van der Waals surface area contributed by atoms with Crippen LogP contribution in [0.5, 0.6) is 0 Å². The average molecular weight is 303 g/mol. The van der Waals surface area contributed by atoms with Crippen LogP contribution >= 0.6 is 11.6 Å². The highest BCUT2D eigenvalue weighted by Crippen LogP contribution is 2.20. The van der Waals surface area contributed by atoms with Crippen LogP contribution in [0.25, 0.3) is 0 Å². The van der Waals surface area contributed by atoms with E-state index in [9.17, 15) is 4.79 Å². The summed E-state index contributed by atoms with van der Waals surface area (Å²) in [5.41, 5.74) is 4.66. The standard InChI is InChI=1S/C16H15ClN2O2/c1-2-21-16(20)15-12(7-6-10-14(15)17)11-18-19-13-8-4-3-5-9-13/h3-11,19H,2H2,1H3. The number of esters is 1. The molecule has 0 aliphatic carbocycles. The quantitative estimate of drug-likeness (QED) is 0.516. The van der Waals surface area contributed by atoms with Crippen molar-refractivity contribution in [3.63, 3.8) is 0 Å². The van der Waals surface area contributed by atoms with Crippen molar-refractivity contribution in [1.29, 1.82) is 0 Å². The van der Waals surface area contributed by atoms with Crippen molar-refractivity contribution in [2.24, 2.45) is 5.10 Å². The van der Waals surface area contributed by atoms with Gasteiger partial charge in [-0.1, -0.05) is 41.9 Å². The van der Waals surface area contributed by atoms with Crippen LogP contribution in [0.3, 0.4) is 0 Å². The Bertz CT molecular complexity index is 642. The van der Waals surface area contributed by atoms with Crippen molar-refractivity contribution in [2.45, 2.75) is 6.92 Å². The lowest BCUT2D eigenvalue weighted by atomic mass is 10.1. The number of nitrogens with one attached hydrogen (secondary N) is 1. The van der Waals surface area contributed by atoms with Gasteiger partial charge in [-0.2, -0.15) is 5.10 Å². The van der Waals surface area contributed by atoms with E-state index in [1.54, 1.807) is 31.3 Å². The fourth-order valence-electron chi connectivity index (χ4n) is 1.76. The minimum atomic E-state index is -0.454. The van der Waals surface area contributed by atoms with E-state index in [1.807, 2.05) is 30.3 Å². The van der Waals surface area contributed by atoms with E-state index in [0.29, 0.717) is 22.8 Å². The fourth-order valence-corrected chi connectivity index (χ4v) is 2.02. The Balaban J connectivity index is 2.19. The lowest BCUT2D eigenvalue weighted by Gasteiger charge is -2.07. The predicted octanol–water partition coefficient (Wildman–Crippen LogP) is 3.96. The van der Waals surface area contributed by atoms with Gasteiger partial charge in [-0.15, -0.1) is 0 Å². The number of benzene rings is 2. The third-order valence-corrected chi connectivity index (χ3v) is 3.01. The topological polar surface area (TPSA) is 50.7 Å². The Hall–Kier alpha value is -2.33. The first-order chi connectivity index (χ1) is 10.2. The van der Waals surface area contributed by atoms with Gasteiger partial charge >= 0.3 is 5.97 Å². The highest BCUT2D eigenvalue weighted by atomic mass is 35.5. The Labute approximate surface area is 128 Å². The van der Waals surface area contributed by atoms with Gasteiger partial charge in [-0.05, 0) is 25.1 Å². The molecule has 0 radical (unpaired) electrons. The van der Waals surface area contributed by atoms with Crippen LogP contribution in [0.1, 0.15) is 22.8 Å². The van der Waals surface area contributed by atoms with E-state index >= 15 is 0 Å². The molecular weight excluding hydrogens is 288 g/mol. The van der Waals surface area contributed by atoms with Crippen LogP contribution in [-0.4, -0.2) is 18.8 Å². The van der Waals surface area contributed by atoms with E-state index in [1.165, 1.54) is 0 Å². The van der Waals surface area contributed by atoms with Gasteiger partial charge in [0, 0.05) is 5.56 Å². The maximum absolute atomic E-state index is 11.9. The minimum Gasteiger partial charge on any atom is -0.462 e. The zero-order valence-corrected chi connectivity index (χ0v) is 12.3. The lowest BCUT2D eigenvalue weighted by molar-refractivity contribution is 0.0526. The van der Waals surface area contributed by atoms with Crippen molar-refractivity contribution < 1.29 is 9.53 Å². The molecule has 4 nitrogen and oxygen atoms in total. The molecule has 0 aliphatic rings. The zero-order chi connectivity index (χ0) is 15.1. The van der Waals surface area contributed by atoms with E-state index in [2.05, 4.69) is 10.5 Å². The Morgan fingerprint density at radius 3 is 2.71 bits per heavy atom. The summed E-state index contributed by atoms with van der Waals surface area (Å²) in [6, 6.07) is 14.7. The molecule has 5 heteroatoms. The van der Waals surface area contributed by atoms with Crippen LogP contribution < -0.4 is 5.43 Å². The number of hydrogen-bond donors (Lipinski definition) is 1.